The van der Waals surface area contributed by atoms with Crippen LogP contribution in [0.5, 0.6) is 0 Å². The van der Waals surface area contributed by atoms with Crippen molar-refractivity contribution in [3.05, 3.63) is 77.3 Å². The van der Waals surface area contributed by atoms with Gasteiger partial charge in [0.1, 0.15) is 5.01 Å². The van der Waals surface area contributed by atoms with Gasteiger partial charge < -0.3 is 4.90 Å². The Morgan fingerprint density at radius 3 is 2.55 bits per heavy atom. The van der Waals surface area contributed by atoms with Crippen molar-refractivity contribution in [2.45, 2.75) is 31.3 Å². The fourth-order valence-electron chi connectivity index (χ4n) is 3.58. The first-order chi connectivity index (χ1) is 16.1. The first-order valence-corrected chi connectivity index (χ1v) is 13.1. The summed E-state index contributed by atoms with van der Waals surface area (Å²) < 4.78 is 2.10. The van der Waals surface area contributed by atoms with Gasteiger partial charge in [-0.05, 0) is 44.2 Å². The van der Waals surface area contributed by atoms with Crippen LogP contribution < -0.4 is 4.90 Å². The highest BCUT2D eigenvalue weighted by atomic mass is 35.5. The number of benzene rings is 2. The van der Waals surface area contributed by atoms with Crippen LogP contribution in [0.3, 0.4) is 0 Å². The van der Waals surface area contributed by atoms with E-state index in [-0.39, 0.29) is 0 Å². The molecule has 4 rings (SSSR count). The van der Waals surface area contributed by atoms with Crippen molar-refractivity contribution in [1.29, 1.82) is 0 Å². The summed E-state index contributed by atoms with van der Waals surface area (Å²) in [7, 11) is 0. The maximum Gasteiger partial charge on any atom is 0.192 e. The summed E-state index contributed by atoms with van der Waals surface area (Å²) in [5.74, 6) is 1.55. The molecule has 0 amide bonds. The Hall–Kier alpha value is -2.61. The van der Waals surface area contributed by atoms with Gasteiger partial charge in [-0.3, -0.25) is 4.57 Å². The predicted octanol–water partition coefficient (Wildman–Crippen LogP) is 7.05. The van der Waals surface area contributed by atoms with Gasteiger partial charge in [-0.2, -0.15) is 0 Å². The highest BCUT2D eigenvalue weighted by molar-refractivity contribution is 7.98. The molecule has 2 aromatic carbocycles. The number of thiazole rings is 1. The second-order valence-corrected chi connectivity index (χ2v) is 9.54. The van der Waals surface area contributed by atoms with E-state index in [1.54, 1.807) is 23.1 Å². The van der Waals surface area contributed by atoms with Gasteiger partial charge in [0.2, 0.25) is 0 Å². The number of anilines is 1. The topological polar surface area (TPSA) is 46.8 Å². The van der Waals surface area contributed by atoms with Crippen LogP contribution in [-0.4, -0.2) is 32.8 Å². The first kappa shape index (κ1) is 23.5. The average Bonchev–Trinajstić information content (AvgIpc) is 3.47. The molecule has 5 nitrogen and oxygen atoms in total. The van der Waals surface area contributed by atoms with Gasteiger partial charge in [0.25, 0.3) is 0 Å². The molecule has 33 heavy (non-hydrogen) atoms. The molecule has 0 saturated carbocycles. The lowest BCUT2D eigenvalue weighted by Crippen LogP contribution is -2.21. The zero-order chi connectivity index (χ0) is 23.2. The molecule has 0 radical (unpaired) electrons. The van der Waals surface area contributed by atoms with Gasteiger partial charge in [0.05, 0.1) is 10.7 Å². The highest BCUT2D eigenvalue weighted by Gasteiger charge is 2.15. The van der Waals surface area contributed by atoms with Crippen LogP contribution in [0.2, 0.25) is 5.02 Å². The van der Waals surface area contributed by atoms with E-state index in [2.05, 4.69) is 69.7 Å². The number of allylic oxidation sites excluding steroid dienone is 1. The molecule has 0 aliphatic heterocycles. The Balaban J connectivity index is 1.52. The minimum Gasteiger partial charge on any atom is -0.372 e. The van der Waals surface area contributed by atoms with Crippen molar-refractivity contribution >= 4 is 40.4 Å². The van der Waals surface area contributed by atoms with Gasteiger partial charge in [-0.25, -0.2) is 4.98 Å². The molecule has 0 unspecified atom stereocenters. The van der Waals surface area contributed by atoms with Crippen molar-refractivity contribution in [3.8, 4) is 22.0 Å². The molecule has 170 valence electrons. The Labute approximate surface area is 208 Å². The third-order valence-corrected chi connectivity index (χ3v) is 7.54. The summed E-state index contributed by atoms with van der Waals surface area (Å²) in [5.41, 5.74) is 4.22. The minimum absolute atomic E-state index is 0.643. The molecule has 0 N–H and O–H groups in total. The maximum absolute atomic E-state index is 6.33. The van der Waals surface area contributed by atoms with E-state index in [0.29, 0.717) is 17.3 Å². The smallest absolute Gasteiger partial charge is 0.192 e. The summed E-state index contributed by atoms with van der Waals surface area (Å²) in [5, 5.41) is 13.5. The number of nitrogens with zero attached hydrogens (tertiary/aromatic N) is 5. The lowest BCUT2D eigenvalue weighted by Gasteiger charge is -2.21. The minimum atomic E-state index is 0.643. The van der Waals surface area contributed by atoms with Crippen molar-refractivity contribution in [1.82, 2.24) is 19.7 Å². The van der Waals surface area contributed by atoms with Crippen LogP contribution in [0.25, 0.3) is 22.0 Å². The van der Waals surface area contributed by atoms with E-state index in [4.69, 9.17) is 16.6 Å². The lowest BCUT2D eigenvalue weighted by atomic mass is 10.2. The second kappa shape index (κ2) is 11.0. The standard InChI is InChI=1S/C25H26ClN5S2/c1-4-15-31-23(18-11-13-20(14-12-18)30(5-2)6-3)28-29-25(31)33-17-19-16-32-24(27-19)21-9-7-8-10-22(21)26/h4,7-14,16H,1,5-6,15,17H2,2-3H3. The van der Waals surface area contributed by atoms with Crippen LogP contribution in [0.15, 0.2) is 71.7 Å². The van der Waals surface area contributed by atoms with E-state index in [9.17, 15) is 0 Å². The number of thioether (sulfide) groups is 1. The van der Waals surface area contributed by atoms with E-state index in [1.807, 2.05) is 30.3 Å². The summed E-state index contributed by atoms with van der Waals surface area (Å²) in [6, 6.07) is 16.3. The van der Waals surface area contributed by atoms with Crippen LogP contribution in [0.1, 0.15) is 19.5 Å². The summed E-state index contributed by atoms with van der Waals surface area (Å²) in [6.07, 6.45) is 1.87. The second-order valence-electron chi connectivity index (χ2n) is 7.34. The largest absolute Gasteiger partial charge is 0.372 e. The molecule has 8 heteroatoms. The van der Waals surface area contributed by atoms with Crippen LogP contribution in [0, 0.1) is 0 Å². The Morgan fingerprint density at radius 2 is 1.85 bits per heavy atom. The van der Waals surface area contributed by atoms with E-state index < -0.39 is 0 Å². The van der Waals surface area contributed by atoms with Gasteiger partial charge in [0.15, 0.2) is 11.0 Å². The van der Waals surface area contributed by atoms with Crippen molar-refractivity contribution < 1.29 is 0 Å². The fraction of sp³-hybridized carbons (Fsp3) is 0.240. The molecule has 2 heterocycles. The molecule has 0 aliphatic carbocycles. The van der Waals surface area contributed by atoms with Gasteiger partial charge in [-0.1, -0.05) is 47.6 Å². The first-order valence-electron chi connectivity index (χ1n) is 10.9. The molecule has 0 aliphatic rings. The number of halogens is 1. The summed E-state index contributed by atoms with van der Waals surface area (Å²) in [4.78, 5) is 7.09. The fourth-order valence-corrected chi connectivity index (χ4v) is 5.67. The molecular weight excluding hydrogens is 470 g/mol. The zero-order valence-electron chi connectivity index (χ0n) is 18.7. The van der Waals surface area contributed by atoms with E-state index >= 15 is 0 Å². The van der Waals surface area contributed by atoms with E-state index in [0.717, 1.165) is 45.9 Å². The maximum atomic E-state index is 6.33. The normalized spacial score (nSPS) is 11.0. The molecule has 0 atom stereocenters. The van der Waals surface area contributed by atoms with Gasteiger partial charge in [-0.15, -0.1) is 28.1 Å². The summed E-state index contributed by atoms with van der Waals surface area (Å²) in [6.45, 7) is 10.9. The molecule has 4 aromatic rings. The van der Waals surface area contributed by atoms with Crippen LogP contribution >= 0.6 is 34.7 Å². The molecule has 2 aromatic heterocycles. The van der Waals surface area contributed by atoms with Crippen LogP contribution in [-0.2, 0) is 12.3 Å². The Morgan fingerprint density at radius 1 is 1.09 bits per heavy atom. The molecule has 0 bridgehead atoms. The average molecular weight is 496 g/mol. The molecular formula is C25H26ClN5S2. The third kappa shape index (κ3) is 5.32. The number of rotatable bonds is 10. The van der Waals surface area contributed by atoms with Gasteiger partial charge >= 0.3 is 0 Å². The number of aromatic nitrogens is 4. The van der Waals surface area contributed by atoms with Gasteiger partial charge in [0, 0.05) is 47.6 Å². The lowest BCUT2D eigenvalue weighted by molar-refractivity contribution is 0.731. The van der Waals surface area contributed by atoms with Crippen molar-refractivity contribution in [3.63, 3.8) is 0 Å². The predicted molar refractivity (Wildman–Crippen MR) is 141 cm³/mol. The number of hydrogen-bond acceptors (Lipinski definition) is 6. The number of hydrogen-bond donors (Lipinski definition) is 0. The Bertz CT molecular complexity index is 1210. The Kier molecular flexibility index (Phi) is 7.85. The highest BCUT2D eigenvalue weighted by Crippen LogP contribution is 2.32. The van der Waals surface area contributed by atoms with Crippen LogP contribution in [0.4, 0.5) is 5.69 Å². The van der Waals surface area contributed by atoms with E-state index in [1.165, 1.54) is 5.69 Å². The quantitative estimate of drug-likeness (QED) is 0.174. The molecule has 0 saturated heterocycles. The monoisotopic (exact) mass is 495 g/mol. The van der Waals surface area contributed by atoms with Crippen molar-refractivity contribution in [2.75, 3.05) is 18.0 Å². The zero-order valence-corrected chi connectivity index (χ0v) is 21.1. The summed E-state index contributed by atoms with van der Waals surface area (Å²) >= 11 is 9.56. The SMILES string of the molecule is C=CCn1c(SCc2csc(-c3ccccc3Cl)n2)nnc1-c1ccc(N(CC)CC)cc1. The third-order valence-electron chi connectivity index (χ3n) is 5.29. The molecule has 0 fully saturated rings. The molecule has 0 spiro atoms. The van der Waals surface area contributed by atoms with Crippen molar-refractivity contribution in [2.24, 2.45) is 0 Å².